The molecule has 5 rings (SSSR count). The van der Waals surface area contributed by atoms with E-state index >= 15 is 0 Å². The molecule has 180 valence electrons. The van der Waals surface area contributed by atoms with Gasteiger partial charge in [0.1, 0.15) is 0 Å². The molecule has 0 N–H and O–H groups in total. The Morgan fingerprint density at radius 1 is 1.03 bits per heavy atom. The Morgan fingerprint density at radius 2 is 1.77 bits per heavy atom. The second kappa shape index (κ2) is 10.0. The normalized spacial score (nSPS) is 17.6. The highest BCUT2D eigenvalue weighted by Crippen LogP contribution is 2.35. The highest BCUT2D eigenvalue weighted by Gasteiger charge is 2.35. The second-order valence-corrected chi connectivity index (χ2v) is 10.5. The fourth-order valence-electron chi connectivity index (χ4n) is 4.57. The van der Waals surface area contributed by atoms with Gasteiger partial charge < -0.3 is 14.2 Å². The van der Waals surface area contributed by atoms with E-state index in [2.05, 4.69) is 56.6 Å². The summed E-state index contributed by atoms with van der Waals surface area (Å²) in [4.78, 5) is 29.7. The molecule has 0 aliphatic carbocycles. The summed E-state index contributed by atoms with van der Waals surface area (Å²) in [5.41, 5.74) is 6.14. The van der Waals surface area contributed by atoms with Gasteiger partial charge in [-0.1, -0.05) is 30.3 Å². The molecule has 3 heterocycles. The maximum Gasteiger partial charge on any atom is 0.293 e. The van der Waals surface area contributed by atoms with Crippen LogP contribution in [-0.4, -0.2) is 46.9 Å². The summed E-state index contributed by atoms with van der Waals surface area (Å²) in [6.45, 7) is 7.61. The van der Waals surface area contributed by atoms with E-state index in [-0.39, 0.29) is 17.7 Å². The number of anilines is 1. The Hall–Kier alpha value is -2.81. The van der Waals surface area contributed by atoms with E-state index in [9.17, 15) is 9.59 Å². The van der Waals surface area contributed by atoms with Crippen molar-refractivity contribution in [2.75, 3.05) is 31.2 Å². The van der Waals surface area contributed by atoms with Crippen LogP contribution in [-0.2, 0) is 16.1 Å². The average Bonchev–Trinajstić information content (AvgIpc) is 3.29. The number of thioether (sulfide) groups is 1. The minimum atomic E-state index is -0.244. The zero-order valence-corrected chi connectivity index (χ0v) is 22.1. The summed E-state index contributed by atoms with van der Waals surface area (Å²) in [5, 5.41) is -0.235. The highest BCUT2D eigenvalue weighted by atomic mass is 79.9. The number of morpholine rings is 1. The predicted octanol–water partition coefficient (Wildman–Crippen LogP) is 5.93. The molecule has 0 bridgehead atoms. The van der Waals surface area contributed by atoms with E-state index in [0.717, 1.165) is 76.4 Å². The number of carbonyl (C=O) groups excluding carboxylic acids is 2. The lowest BCUT2D eigenvalue weighted by Crippen LogP contribution is -2.36. The van der Waals surface area contributed by atoms with Crippen molar-refractivity contribution in [1.29, 1.82) is 0 Å². The molecule has 2 saturated heterocycles. The summed E-state index contributed by atoms with van der Waals surface area (Å²) in [7, 11) is 0. The number of halogens is 1. The average molecular weight is 552 g/mol. The third-order valence-corrected chi connectivity index (χ3v) is 7.90. The van der Waals surface area contributed by atoms with Gasteiger partial charge in [-0.3, -0.25) is 14.5 Å². The summed E-state index contributed by atoms with van der Waals surface area (Å²) in [6, 6.07) is 18.0. The Balaban J connectivity index is 1.40. The molecule has 2 fully saturated rings. The summed E-state index contributed by atoms with van der Waals surface area (Å²) < 4.78 is 8.69. The van der Waals surface area contributed by atoms with E-state index in [4.69, 9.17) is 4.74 Å². The van der Waals surface area contributed by atoms with Crippen LogP contribution in [0.3, 0.4) is 0 Å². The van der Waals surface area contributed by atoms with Gasteiger partial charge in [-0.15, -0.1) is 0 Å². The molecule has 3 aromatic rings. The van der Waals surface area contributed by atoms with Gasteiger partial charge in [-0.2, -0.15) is 0 Å². The molecular formula is C27H26BrN3O3S. The number of carbonyl (C=O) groups is 2. The number of hydrogen-bond acceptors (Lipinski definition) is 5. The fraction of sp³-hybridized carbons (Fsp3) is 0.259. The van der Waals surface area contributed by atoms with Crippen LogP contribution in [0.25, 0.3) is 11.8 Å². The highest BCUT2D eigenvalue weighted by molar-refractivity contribution is 9.10. The van der Waals surface area contributed by atoms with Crippen molar-refractivity contribution in [3.05, 3.63) is 86.5 Å². The van der Waals surface area contributed by atoms with E-state index < -0.39 is 0 Å². The first kappa shape index (κ1) is 23.9. The molecule has 0 spiro atoms. The zero-order valence-electron chi connectivity index (χ0n) is 19.7. The quantitative estimate of drug-likeness (QED) is 0.368. The molecule has 2 aliphatic heterocycles. The fourth-order valence-corrected chi connectivity index (χ4v) is 6.02. The number of amides is 2. The van der Waals surface area contributed by atoms with E-state index in [1.54, 1.807) is 0 Å². The number of benzene rings is 2. The lowest BCUT2D eigenvalue weighted by Gasteiger charge is -2.30. The molecule has 6 nitrogen and oxygen atoms in total. The lowest BCUT2D eigenvalue weighted by atomic mass is 10.2. The van der Waals surface area contributed by atoms with E-state index in [0.29, 0.717) is 4.91 Å². The van der Waals surface area contributed by atoms with Crippen LogP contribution in [0.5, 0.6) is 0 Å². The third kappa shape index (κ3) is 4.83. The molecule has 1 aromatic heterocycles. The molecule has 0 atom stereocenters. The predicted molar refractivity (Wildman–Crippen MR) is 144 cm³/mol. The standard InChI is InChI=1S/C27H26BrN3O3S/c1-18-14-21(15-25-26(32)30(27(33)35-25)17-20-6-4-3-5-7-20)19(2)31(18)22-8-9-24(23(28)16-22)29-10-12-34-13-11-29/h3-9,14-16H,10-13,17H2,1-2H3/b25-15-. The number of aromatic nitrogens is 1. The van der Waals surface area contributed by atoms with Crippen LogP contribution < -0.4 is 4.90 Å². The number of imide groups is 1. The first-order valence-electron chi connectivity index (χ1n) is 11.5. The number of rotatable bonds is 5. The second-order valence-electron chi connectivity index (χ2n) is 8.65. The first-order chi connectivity index (χ1) is 16.9. The van der Waals surface area contributed by atoms with Gasteiger partial charge in [0.2, 0.25) is 0 Å². The van der Waals surface area contributed by atoms with Gasteiger partial charge in [0.25, 0.3) is 11.1 Å². The van der Waals surface area contributed by atoms with Crippen molar-refractivity contribution in [1.82, 2.24) is 9.47 Å². The van der Waals surface area contributed by atoms with Gasteiger partial charge in [0.05, 0.1) is 30.4 Å². The van der Waals surface area contributed by atoms with Gasteiger partial charge in [-0.05, 0) is 83.0 Å². The van der Waals surface area contributed by atoms with E-state index in [1.807, 2.05) is 43.3 Å². The van der Waals surface area contributed by atoms with E-state index in [1.165, 1.54) is 4.90 Å². The number of ether oxygens (including phenoxy) is 1. The minimum Gasteiger partial charge on any atom is -0.378 e. The molecule has 0 saturated carbocycles. The van der Waals surface area contributed by atoms with Crippen molar-refractivity contribution < 1.29 is 14.3 Å². The molecule has 0 unspecified atom stereocenters. The van der Waals surface area contributed by atoms with Crippen LogP contribution in [0.1, 0.15) is 22.5 Å². The summed E-state index contributed by atoms with van der Waals surface area (Å²) in [6.07, 6.45) is 1.84. The molecule has 2 amide bonds. The Morgan fingerprint density at radius 3 is 2.49 bits per heavy atom. The first-order valence-corrected chi connectivity index (χ1v) is 13.1. The van der Waals surface area contributed by atoms with Crippen molar-refractivity contribution in [3.8, 4) is 5.69 Å². The van der Waals surface area contributed by atoms with Gasteiger partial charge >= 0.3 is 0 Å². The maximum absolute atomic E-state index is 13.0. The lowest BCUT2D eigenvalue weighted by molar-refractivity contribution is -0.123. The molecule has 2 aliphatic rings. The van der Waals surface area contributed by atoms with Crippen LogP contribution in [0.15, 0.2) is 64.0 Å². The number of nitrogens with zero attached hydrogens (tertiary/aromatic N) is 3. The van der Waals surface area contributed by atoms with Gasteiger partial charge in [-0.25, -0.2) is 0 Å². The van der Waals surface area contributed by atoms with Crippen LogP contribution in [0.2, 0.25) is 0 Å². The number of hydrogen-bond donors (Lipinski definition) is 0. The van der Waals surface area contributed by atoms with Crippen LogP contribution >= 0.6 is 27.7 Å². The topological polar surface area (TPSA) is 54.8 Å². The Labute approximate surface area is 217 Å². The van der Waals surface area contributed by atoms with Gasteiger partial charge in [0.15, 0.2) is 0 Å². The number of aryl methyl sites for hydroxylation is 1. The zero-order chi connectivity index (χ0) is 24.5. The van der Waals surface area contributed by atoms with Crippen molar-refractivity contribution in [3.63, 3.8) is 0 Å². The molecular weight excluding hydrogens is 526 g/mol. The van der Waals surface area contributed by atoms with Gasteiger partial charge in [0, 0.05) is 34.6 Å². The molecule has 2 aromatic carbocycles. The van der Waals surface area contributed by atoms with Crippen molar-refractivity contribution >= 4 is 50.6 Å². The SMILES string of the molecule is Cc1cc(/C=C2\SC(=O)N(Cc3ccccc3)C2=O)c(C)n1-c1ccc(N2CCOCC2)c(Br)c1. The summed E-state index contributed by atoms with van der Waals surface area (Å²) in [5.74, 6) is -0.244. The molecule has 35 heavy (non-hydrogen) atoms. The molecule has 0 radical (unpaired) electrons. The smallest absolute Gasteiger partial charge is 0.293 e. The van der Waals surface area contributed by atoms with Crippen molar-refractivity contribution in [2.24, 2.45) is 0 Å². The third-order valence-electron chi connectivity index (χ3n) is 6.36. The Bertz CT molecular complexity index is 1310. The Kier molecular flexibility index (Phi) is 6.86. The summed E-state index contributed by atoms with van der Waals surface area (Å²) >= 11 is 4.76. The largest absolute Gasteiger partial charge is 0.378 e. The van der Waals surface area contributed by atoms with Crippen LogP contribution in [0.4, 0.5) is 10.5 Å². The van der Waals surface area contributed by atoms with Crippen LogP contribution in [0, 0.1) is 13.8 Å². The monoisotopic (exact) mass is 551 g/mol. The minimum absolute atomic E-state index is 0.235. The van der Waals surface area contributed by atoms with Crippen molar-refractivity contribution in [2.45, 2.75) is 20.4 Å². The molecule has 8 heteroatoms. The maximum atomic E-state index is 13.0.